The summed E-state index contributed by atoms with van der Waals surface area (Å²) in [6.45, 7) is 2.04. The largest absolute Gasteiger partial charge is 0.486 e. The smallest absolute Gasteiger partial charge is 0.257 e. The molecule has 3 heterocycles. The summed E-state index contributed by atoms with van der Waals surface area (Å²) in [6, 6.07) is 10.7. The molecule has 0 bridgehead atoms. The molecule has 0 spiro atoms. The van der Waals surface area contributed by atoms with Crippen LogP contribution in [-0.4, -0.2) is 48.2 Å². The number of para-hydroxylation sites is 1. The summed E-state index contributed by atoms with van der Waals surface area (Å²) in [4.78, 5) is 19.0. The van der Waals surface area contributed by atoms with Crippen LogP contribution in [0.1, 0.15) is 28.8 Å². The van der Waals surface area contributed by atoms with Crippen molar-refractivity contribution in [3.05, 3.63) is 47.7 Å². The van der Waals surface area contributed by atoms with Gasteiger partial charge in [0, 0.05) is 18.8 Å². The van der Waals surface area contributed by atoms with Crippen molar-refractivity contribution in [2.45, 2.75) is 18.9 Å². The zero-order chi connectivity index (χ0) is 18.6. The number of fused-ring (bicyclic) bond motifs is 1. The van der Waals surface area contributed by atoms with E-state index in [1.165, 1.54) is 0 Å². The van der Waals surface area contributed by atoms with Gasteiger partial charge in [-0.3, -0.25) is 4.79 Å². The summed E-state index contributed by atoms with van der Waals surface area (Å²) < 4.78 is 17.2. The summed E-state index contributed by atoms with van der Waals surface area (Å²) in [5, 5.41) is 9.00. The first-order valence-corrected chi connectivity index (χ1v) is 8.95. The third-order valence-electron chi connectivity index (χ3n) is 4.61. The Kier molecular flexibility index (Phi) is 4.79. The number of likely N-dealkylation sites (tertiary alicyclic amines) is 1. The van der Waals surface area contributed by atoms with E-state index in [1.807, 2.05) is 0 Å². The Morgan fingerprint density at radius 3 is 3.07 bits per heavy atom. The third kappa shape index (κ3) is 3.65. The molecule has 4 rings (SSSR count). The quantitative estimate of drug-likeness (QED) is 0.830. The molecular formula is C20H19N3O4. The van der Waals surface area contributed by atoms with Gasteiger partial charge in [-0.25, -0.2) is 4.98 Å². The van der Waals surface area contributed by atoms with Gasteiger partial charge in [0.2, 0.25) is 5.88 Å². The van der Waals surface area contributed by atoms with Crippen LogP contribution in [0.3, 0.4) is 0 Å². The molecule has 0 aliphatic carbocycles. The standard InChI is InChI=1S/C20H19N3O4/c21-12-14-6-7-22-18(11-14)27-15-3-2-8-23(13-15)20(24)16-4-1-5-17-19(16)26-10-9-25-17/h1,4-7,11,15H,2-3,8-10,13H2/t15-/m1/s1. The van der Waals surface area contributed by atoms with Crippen LogP contribution in [0.5, 0.6) is 17.4 Å². The fourth-order valence-electron chi connectivity index (χ4n) is 3.35. The van der Waals surface area contributed by atoms with Gasteiger partial charge < -0.3 is 19.1 Å². The Hall–Kier alpha value is -3.27. The third-order valence-corrected chi connectivity index (χ3v) is 4.61. The van der Waals surface area contributed by atoms with E-state index in [0.717, 1.165) is 12.8 Å². The summed E-state index contributed by atoms with van der Waals surface area (Å²) >= 11 is 0. The summed E-state index contributed by atoms with van der Waals surface area (Å²) in [6.07, 6.45) is 3.05. The van der Waals surface area contributed by atoms with Gasteiger partial charge in [0.25, 0.3) is 5.91 Å². The van der Waals surface area contributed by atoms with Crippen molar-refractivity contribution in [3.8, 4) is 23.4 Å². The summed E-state index contributed by atoms with van der Waals surface area (Å²) in [5.41, 5.74) is 1.01. The van der Waals surface area contributed by atoms with Crippen molar-refractivity contribution >= 4 is 5.91 Å². The molecule has 0 saturated carbocycles. The molecule has 2 aliphatic rings. The molecule has 1 aromatic heterocycles. The molecule has 7 heteroatoms. The maximum absolute atomic E-state index is 13.0. The number of ether oxygens (including phenoxy) is 3. The summed E-state index contributed by atoms with van der Waals surface area (Å²) in [5.74, 6) is 1.43. The van der Waals surface area contributed by atoms with Crippen molar-refractivity contribution < 1.29 is 19.0 Å². The highest BCUT2D eigenvalue weighted by molar-refractivity contribution is 5.98. The Labute approximate surface area is 157 Å². The molecule has 2 aliphatic heterocycles. The number of carbonyl (C=O) groups excluding carboxylic acids is 1. The van der Waals surface area contributed by atoms with E-state index in [0.29, 0.717) is 54.8 Å². The minimum absolute atomic E-state index is 0.0932. The van der Waals surface area contributed by atoms with E-state index in [9.17, 15) is 4.79 Å². The van der Waals surface area contributed by atoms with E-state index in [-0.39, 0.29) is 12.0 Å². The topological polar surface area (TPSA) is 84.7 Å². The van der Waals surface area contributed by atoms with E-state index in [4.69, 9.17) is 19.5 Å². The van der Waals surface area contributed by atoms with Crippen molar-refractivity contribution in [1.82, 2.24) is 9.88 Å². The van der Waals surface area contributed by atoms with E-state index >= 15 is 0 Å². The van der Waals surface area contributed by atoms with Crippen LogP contribution in [0.25, 0.3) is 0 Å². The van der Waals surface area contributed by atoms with Gasteiger partial charge in [0.05, 0.1) is 23.7 Å². The van der Waals surface area contributed by atoms with Gasteiger partial charge >= 0.3 is 0 Å². The second kappa shape index (κ2) is 7.54. The van der Waals surface area contributed by atoms with Gasteiger partial charge in [0.1, 0.15) is 19.3 Å². The van der Waals surface area contributed by atoms with Gasteiger partial charge in [-0.05, 0) is 31.0 Å². The molecule has 0 unspecified atom stereocenters. The average molecular weight is 365 g/mol. The minimum Gasteiger partial charge on any atom is -0.486 e. The lowest BCUT2D eigenvalue weighted by molar-refractivity contribution is 0.0520. The van der Waals surface area contributed by atoms with Crippen LogP contribution in [-0.2, 0) is 0 Å². The predicted octanol–water partition coefficient (Wildman–Crippen LogP) is 2.41. The number of aromatic nitrogens is 1. The number of pyridine rings is 1. The number of amides is 1. The fourth-order valence-corrected chi connectivity index (χ4v) is 3.35. The Morgan fingerprint density at radius 2 is 2.19 bits per heavy atom. The van der Waals surface area contributed by atoms with Crippen LogP contribution in [0.4, 0.5) is 0 Å². The Balaban J connectivity index is 1.48. The first kappa shape index (κ1) is 17.2. The van der Waals surface area contributed by atoms with Gasteiger partial charge in [-0.15, -0.1) is 0 Å². The number of hydrogen-bond donors (Lipinski definition) is 0. The molecule has 1 amide bonds. The molecular weight excluding hydrogens is 346 g/mol. The highest BCUT2D eigenvalue weighted by Gasteiger charge is 2.29. The van der Waals surface area contributed by atoms with Crippen molar-refractivity contribution in [2.75, 3.05) is 26.3 Å². The number of nitrogens with zero attached hydrogens (tertiary/aromatic N) is 3. The maximum Gasteiger partial charge on any atom is 0.257 e. The normalized spacial score (nSPS) is 18.5. The van der Waals surface area contributed by atoms with Crippen molar-refractivity contribution in [3.63, 3.8) is 0 Å². The van der Waals surface area contributed by atoms with Crippen molar-refractivity contribution in [1.29, 1.82) is 5.26 Å². The predicted molar refractivity (Wildman–Crippen MR) is 95.9 cm³/mol. The molecule has 1 fully saturated rings. The lowest BCUT2D eigenvalue weighted by Gasteiger charge is -2.33. The number of carbonyl (C=O) groups is 1. The average Bonchev–Trinajstić information content (AvgIpc) is 2.73. The minimum atomic E-state index is -0.166. The Morgan fingerprint density at radius 1 is 1.30 bits per heavy atom. The molecule has 27 heavy (non-hydrogen) atoms. The number of piperidine rings is 1. The SMILES string of the molecule is N#Cc1ccnc(O[C@@H]2CCCN(C(=O)c3cccc4c3OCCO4)C2)c1. The van der Waals surface area contributed by atoms with Crippen LogP contribution < -0.4 is 14.2 Å². The maximum atomic E-state index is 13.0. The van der Waals surface area contributed by atoms with Gasteiger partial charge in [-0.1, -0.05) is 6.07 Å². The lowest BCUT2D eigenvalue weighted by Crippen LogP contribution is -2.44. The first-order valence-electron chi connectivity index (χ1n) is 8.95. The van der Waals surface area contributed by atoms with Crippen LogP contribution in [0, 0.1) is 11.3 Å². The zero-order valence-corrected chi connectivity index (χ0v) is 14.8. The second-order valence-electron chi connectivity index (χ2n) is 6.46. The number of hydrogen-bond acceptors (Lipinski definition) is 6. The van der Waals surface area contributed by atoms with Crippen molar-refractivity contribution in [2.24, 2.45) is 0 Å². The van der Waals surface area contributed by atoms with Gasteiger partial charge in [0.15, 0.2) is 11.5 Å². The molecule has 138 valence electrons. The van der Waals surface area contributed by atoms with Crippen LogP contribution in [0.2, 0.25) is 0 Å². The first-order chi connectivity index (χ1) is 13.2. The highest BCUT2D eigenvalue weighted by Crippen LogP contribution is 2.34. The van der Waals surface area contributed by atoms with E-state index in [1.54, 1.807) is 41.4 Å². The lowest BCUT2D eigenvalue weighted by atomic mass is 10.1. The number of rotatable bonds is 3. The van der Waals surface area contributed by atoms with Crippen LogP contribution in [0.15, 0.2) is 36.5 Å². The Bertz CT molecular complexity index is 893. The highest BCUT2D eigenvalue weighted by atomic mass is 16.6. The summed E-state index contributed by atoms with van der Waals surface area (Å²) in [7, 11) is 0. The second-order valence-corrected chi connectivity index (χ2v) is 6.46. The fraction of sp³-hybridized carbons (Fsp3) is 0.350. The molecule has 1 aromatic carbocycles. The van der Waals surface area contributed by atoms with Crippen LogP contribution >= 0.6 is 0 Å². The number of nitriles is 1. The van der Waals surface area contributed by atoms with Gasteiger partial charge in [-0.2, -0.15) is 5.26 Å². The molecule has 1 saturated heterocycles. The van der Waals surface area contributed by atoms with E-state index < -0.39 is 0 Å². The molecule has 7 nitrogen and oxygen atoms in total. The molecule has 2 aromatic rings. The molecule has 1 atom stereocenters. The number of benzene rings is 1. The zero-order valence-electron chi connectivity index (χ0n) is 14.8. The molecule has 0 N–H and O–H groups in total. The van der Waals surface area contributed by atoms with E-state index in [2.05, 4.69) is 11.1 Å². The molecule has 0 radical (unpaired) electrons. The monoisotopic (exact) mass is 365 g/mol.